The number of rotatable bonds is 11. The van der Waals surface area contributed by atoms with Crippen molar-refractivity contribution >= 4 is 44.6 Å². The number of ether oxygens (including phenoxy) is 1. The number of nitrogens with zero attached hydrogens (tertiary/aromatic N) is 4. The maximum absolute atomic E-state index is 7.20. The fourth-order valence-corrected chi connectivity index (χ4v) is 11.5. The third-order valence-corrected chi connectivity index (χ3v) is 16.4. The molecule has 0 bridgehead atoms. The van der Waals surface area contributed by atoms with E-state index in [1.807, 2.05) is 6.20 Å². The number of fused-ring (bicyclic) bond motifs is 4. The molecular formula is C75H77N4OPt-3. The van der Waals surface area contributed by atoms with Crippen LogP contribution in [0.4, 0.5) is 22.7 Å². The predicted octanol–water partition coefficient (Wildman–Crippen LogP) is 20.8. The minimum atomic E-state index is -0.421. The van der Waals surface area contributed by atoms with Crippen LogP contribution in [0.15, 0.2) is 176 Å². The molecule has 0 fully saturated rings. The number of benzene rings is 8. The fourth-order valence-electron chi connectivity index (χ4n) is 11.5. The molecule has 6 heteroatoms. The molecule has 2 aromatic heterocycles. The Morgan fingerprint density at radius 1 is 0.469 bits per heavy atom. The first kappa shape index (κ1) is 57.0. The van der Waals surface area contributed by atoms with Crippen molar-refractivity contribution < 1.29 is 25.8 Å². The molecule has 10 aromatic rings. The second-order valence-electron chi connectivity index (χ2n) is 26.3. The predicted molar refractivity (Wildman–Crippen MR) is 338 cm³/mol. The summed E-state index contributed by atoms with van der Waals surface area (Å²) in [6, 6.07) is 70.1. The maximum atomic E-state index is 7.20. The second-order valence-corrected chi connectivity index (χ2v) is 26.3. The van der Waals surface area contributed by atoms with E-state index in [0.717, 1.165) is 55.9 Å². The average molecular weight is 1250 g/mol. The molecular weight excluding hydrogens is 1170 g/mol. The van der Waals surface area contributed by atoms with Crippen LogP contribution in [0.5, 0.6) is 11.5 Å². The second kappa shape index (κ2) is 21.6. The van der Waals surface area contributed by atoms with Gasteiger partial charge in [0.25, 0.3) is 0 Å². The van der Waals surface area contributed by atoms with Crippen molar-refractivity contribution in [3.05, 3.63) is 234 Å². The van der Waals surface area contributed by atoms with Gasteiger partial charge in [0.1, 0.15) is 5.82 Å². The van der Waals surface area contributed by atoms with E-state index in [9.17, 15) is 0 Å². The molecule has 0 atom stereocenters. The summed E-state index contributed by atoms with van der Waals surface area (Å²) in [5.74, 6) is 2.71. The number of pyridine rings is 1. The molecule has 0 saturated carbocycles. The molecule has 3 heterocycles. The third kappa shape index (κ3) is 11.0. The normalized spacial score (nSPS) is 13.1. The third-order valence-electron chi connectivity index (χ3n) is 16.4. The Kier molecular flexibility index (Phi) is 15.2. The van der Waals surface area contributed by atoms with Gasteiger partial charge < -0.3 is 19.1 Å². The van der Waals surface area contributed by atoms with Crippen molar-refractivity contribution in [1.29, 1.82) is 0 Å². The molecule has 416 valence electrons. The van der Waals surface area contributed by atoms with Gasteiger partial charge in [-0.2, -0.15) is 6.07 Å². The molecule has 0 radical (unpaired) electrons. The molecule has 8 aromatic carbocycles. The van der Waals surface area contributed by atoms with Crippen LogP contribution < -0.4 is 14.5 Å². The Morgan fingerprint density at radius 2 is 1.12 bits per heavy atom. The van der Waals surface area contributed by atoms with Crippen molar-refractivity contribution in [3.63, 3.8) is 0 Å². The first-order valence-corrected chi connectivity index (χ1v) is 28.6. The quantitative estimate of drug-likeness (QED) is 0.121. The molecule has 0 amide bonds. The minimum absolute atomic E-state index is 0. The smallest absolute Gasteiger partial charge is 0.135 e. The summed E-state index contributed by atoms with van der Waals surface area (Å²) < 4.78 is 9.45. The zero-order valence-electron chi connectivity index (χ0n) is 50.0. The average Bonchev–Trinajstić information content (AvgIpc) is 4.21. The van der Waals surface area contributed by atoms with Crippen molar-refractivity contribution in [1.82, 2.24) is 9.55 Å². The van der Waals surface area contributed by atoms with E-state index in [4.69, 9.17) is 9.72 Å². The van der Waals surface area contributed by atoms with Gasteiger partial charge in [-0.05, 0) is 137 Å². The zero-order valence-corrected chi connectivity index (χ0v) is 52.3. The van der Waals surface area contributed by atoms with E-state index in [-0.39, 0.29) is 37.3 Å². The summed E-state index contributed by atoms with van der Waals surface area (Å²) >= 11 is 0. The van der Waals surface area contributed by atoms with Crippen LogP contribution in [0.1, 0.15) is 155 Å². The van der Waals surface area contributed by atoms with Gasteiger partial charge in [-0.1, -0.05) is 213 Å². The Balaban J connectivity index is 0.00000736. The Hall–Kier alpha value is -7.20. The summed E-state index contributed by atoms with van der Waals surface area (Å²) in [4.78, 5) is 9.73. The van der Waals surface area contributed by atoms with Crippen LogP contribution in [-0.4, -0.2) is 9.55 Å². The monoisotopic (exact) mass is 1240 g/mol. The van der Waals surface area contributed by atoms with Crippen molar-refractivity contribution in [2.75, 3.05) is 9.80 Å². The maximum Gasteiger partial charge on any atom is 0.135 e. The van der Waals surface area contributed by atoms with Crippen molar-refractivity contribution in [2.45, 2.75) is 137 Å². The largest absolute Gasteiger partial charge is 0.509 e. The number of anilines is 4. The molecule has 0 saturated heterocycles. The molecule has 0 N–H and O–H groups in total. The van der Waals surface area contributed by atoms with Gasteiger partial charge >= 0.3 is 0 Å². The SMILES string of the molecule is CC(C)c1cccc(C(C)C)c1-c1ccc2c(c1)N(c1[c-]c(Oc3[c-]c4c(cc3)c3cc(C(C)(C)C)ccc3n4-c3cc(C(C)(C)C)ccn3)cc(C(C)(C)c3ccccc3)c1)[CH-]N2c1cc(-c2ccccc2)cc(C(C)(C)C)c1.[Pt]. The standard InChI is InChI=1S/C75H77N4O.Pt/c1-48(2)62-27-22-28-63(49(3)4)71(62)51-29-33-67-69(39-51)78(47-77(67)58-38-52(50-23-18-16-19-24-50)37-56(40-58)74(11,12)13)59-41-57(75(14,15)53-25-20-17-21-26-53)42-61(45-59)80-60-31-32-64-65-43-54(72(5,6)7)30-34-66(65)79(68(64)46-60)70-44-55(35-36-76-70)73(8,9)10;/h16-44,47-49H,1-15H3;/q-3;. The first-order valence-electron chi connectivity index (χ1n) is 28.6. The van der Waals surface area contributed by atoms with Gasteiger partial charge in [-0.25, -0.2) is 4.98 Å². The summed E-state index contributed by atoms with van der Waals surface area (Å²) in [5, 5.41) is 2.25. The summed E-state index contributed by atoms with van der Waals surface area (Å²) in [5.41, 5.74) is 19.1. The van der Waals surface area contributed by atoms with E-state index in [0.29, 0.717) is 23.3 Å². The van der Waals surface area contributed by atoms with Crippen molar-refractivity contribution in [2.24, 2.45) is 0 Å². The van der Waals surface area contributed by atoms with E-state index in [1.165, 1.54) is 55.6 Å². The van der Waals surface area contributed by atoms with Gasteiger partial charge in [-0.3, -0.25) is 0 Å². The van der Waals surface area contributed by atoms with E-state index in [2.05, 4.69) is 307 Å². The fraction of sp³-hybridized carbons (Fsp3) is 0.280. The van der Waals surface area contributed by atoms with Gasteiger partial charge in [0.15, 0.2) is 0 Å². The van der Waals surface area contributed by atoms with E-state index in [1.54, 1.807) is 0 Å². The van der Waals surface area contributed by atoms with Crippen LogP contribution in [-0.2, 0) is 42.7 Å². The van der Waals surface area contributed by atoms with Gasteiger partial charge in [-0.15, -0.1) is 53.6 Å². The summed E-state index contributed by atoms with van der Waals surface area (Å²) in [7, 11) is 0. The molecule has 81 heavy (non-hydrogen) atoms. The Bertz CT molecular complexity index is 3910. The van der Waals surface area contributed by atoms with Crippen LogP contribution in [0.3, 0.4) is 0 Å². The zero-order chi connectivity index (χ0) is 56.6. The van der Waals surface area contributed by atoms with Crippen LogP contribution in [0.25, 0.3) is 49.9 Å². The molecule has 1 aliphatic heterocycles. The summed E-state index contributed by atoms with van der Waals surface area (Å²) in [6.45, 7) is 36.6. The minimum Gasteiger partial charge on any atom is -0.509 e. The topological polar surface area (TPSA) is 33.5 Å². The summed E-state index contributed by atoms with van der Waals surface area (Å²) in [6.07, 6.45) is 1.93. The van der Waals surface area contributed by atoms with E-state index >= 15 is 0 Å². The van der Waals surface area contributed by atoms with Gasteiger partial charge in [0.2, 0.25) is 0 Å². The molecule has 11 rings (SSSR count). The molecule has 0 spiro atoms. The van der Waals surface area contributed by atoms with Crippen LogP contribution >= 0.6 is 0 Å². The van der Waals surface area contributed by atoms with Crippen molar-refractivity contribution in [3.8, 4) is 39.6 Å². The molecule has 0 unspecified atom stereocenters. The molecule has 1 aliphatic rings. The first-order chi connectivity index (χ1) is 37.9. The number of aromatic nitrogens is 2. The van der Waals surface area contributed by atoms with Gasteiger partial charge in [0, 0.05) is 61.3 Å². The molecule has 5 nitrogen and oxygen atoms in total. The number of hydrogen-bond donors (Lipinski definition) is 0. The Labute approximate surface area is 497 Å². The van der Waals surface area contributed by atoms with E-state index < -0.39 is 5.41 Å². The van der Waals surface area contributed by atoms with Crippen LogP contribution in [0, 0.1) is 18.8 Å². The van der Waals surface area contributed by atoms with Gasteiger partial charge in [0.05, 0.1) is 0 Å². The number of hydrogen-bond acceptors (Lipinski definition) is 4. The van der Waals surface area contributed by atoms with Crippen LogP contribution in [0.2, 0.25) is 0 Å². The molecule has 0 aliphatic carbocycles. The Morgan fingerprint density at radius 3 is 1.78 bits per heavy atom.